The summed E-state index contributed by atoms with van der Waals surface area (Å²) in [5.74, 6) is 0.783. The van der Waals surface area contributed by atoms with Gasteiger partial charge in [0.2, 0.25) is 0 Å². The molecule has 0 bridgehead atoms. The second-order valence-corrected chi connectivity index (χ2v) is 7.25. The van der Waals surface area contributed by atoms with Crippen LogP contribution in [0.3, 0.4) is 0 Å². The van der Waals surface area contributed by atoms with Gasteiger partial charge in [-0.25, -0.2) is 4.98 Å². The number of rotatable bonds is 1. The lowest BCUT2D eigenvalue weighted by Crippen LogP contribution is -1.90. The molecular weight excluding hydrogens is 434 g/mol. The molecule has 0 fully saturated rings. The number of benzene rings is 3. The minimum absolute atomic E-state index is 0.627. The van der Waals surface area contributed by atoms with Crippen molar-refractivity contribution in [3.05, 3.63) is 71.2 Å². The van der Waals surface area contributed by atoms with Gasteiger partial charge in [0.1, 0.15) is 16.7 Å². The number of hydrogen-bond donors (Lipinski definition) is 3. The molecule has 0 amide bonds. The molecule has 9 heteroatoms. The Morgan fingerprint density at radius 1 is 0.897 bits per heavy atom. The summed E-state index contributed by atoms with van der Waals surface area (Å²) in [5, 5.41) is 24.5. The SMILES string of the molecule is Brc1ccc2nc(-c3n[nH]c4ccccc34)[nH]c2c1.On1nnc2ccccc21. The lowest BCUT2D eigenvalue weighted by molar-refractivity contribution is 0.155. The Kier molecular flexibility index (Phi) is 4.21. The normalized spacial score (nSPS) is 11.1. The third-order valence-electron chi connectivity index (χ3n) is 4.47. The molecule has 0 atom stereocenters. The summed E-state index contributed by atoms with van der Waals surface area (Å²) in [6.07, 6.45) is 0. The lowest BCUT2D eigenvalue weighted by Gasteiger charge is -1.91. The van der Waals surface area contributed by atoms with E-state index in [0.717, 1.165) is 42.8 Å². The molecule has 0 unspecified atom stereocenters. The van der Waals surface area contributed by atoms with Crippen molar-refractivity contribution in [2.24, 2.45) is 0 Å². The van der Waals surface area contributed by atoms with E-state index in [-0.39, 0.29) is 0 Å². The van der Waals surface area contributed by atoms with E-state index in [2.05, 4.69) is 46.4 Å². The predicted octanol–water partition coefficient (Wildman–Crippen LogP) is 4.54. The van der Waals surface area contributed by atoms with Crippen LogP contribution in [-0.2, 0) is 0 Å². The maximum atomic E-state index is 8.95. The van der Waals surface area contributed by atoms with Crippen LogP contribution < -0.4 is 0 Å². The molecule has 0 aliphatic carbocycles. The molecule has 0 spiro atoms. The molecule has 0 aliphatic heterocycles. The van der Waals surface area contributed by atoms with E-state index in [1.165, 1.54) is 0 Å². The Morgan fingerprint density at radius 2 is 1.72 bits per heavy atom. The predicted molar refractivity (Wildman–Crippen MR) is 114 cm³/mol. The van der Waals surface area contributed by atoms with E-state index >= 15 is 0 Å². The van der Waals surface area contributed by atoms with Gasteiger partial charge in [0.25, 0.3) is 0 Å². The molecule has 6 rings (SSSR count). The Bertz CT molecular complexity index is 1450. The largest absolute Gasteiger partial charge is 0.410 e. The Labute approximate surface area is 172 Å². The van der Waals surface area contributed by atoms with Gasteiger partial charge in [0.05, 0.1) is 16.6 Å². The summed E-state index contributed by atoms with van der Waals surface area (Å²) in [5.41, 5.74) is 5.12. The number of hydrogen-bond acceptors (Lipinski definition) is 5. The van der Waals surface area contributed by atoms with Crippen molar-refractivity contribution in [2.75, 3.05) is 0 Å². The fraction of sp³-hybridized carbons (Fsp3) is 0. The third kappa shape index (κ3) is 3.21. The van der Waals surface area contributed by atoms with Gasteiger partial charge >= 0.3 is 0 Å². The van der Waals surface area contributed by atoms with Crippen molar-refractivity contribution in [2.45, 2.75) is 0 Å². The number of fused-ring (bicyclic) bond motifs is 3. The smallest absolute Gasteiger partial charge is 0.159 e. The van der Waals surface area contributed by atoms with Gasteiger partial charge in [0, 0.05) is 9.86 Å². The highest BCUT2D eigenvalue weighted by molar-refractivity contribution is 9.10. The first-order valence-corrected chi connectivity index (χ1v) is 9.57. The maximum Gasteiger partial charge on any atom is 0.159 e. The van der Waals surface area contributed by atoms with Crippen molar-refractivity contribution in [3.63, 3.8) is 0 Å². The Morgan fingerprint density at radius 3 is 2.62 bits per heavy atom. The van der Waals surface area contributed by atoms with Crippen molar-refractivity contribution in [1.82, 2.24) is 35.3 Å². The second kappa shape index (κ2) is 7.02. The number of halogens is 1. The third-order valence-corrected chi connectivity index (χ3v) is 4.97. The summed E-state index contributed by atoms with van der Waals surface area (Å²) in [6, 6.07) is 21.2. The van der Waals surface area contributed by atoms with Gasteiger partial charge in [-0.2, -0.15) is 5.10 Å². The number of H-pyrrole nitrogens is 2. The van der Waals surface area contributed by atoms with E-state index in [4.69, 9.17) is 5.21 Å². The fourth-order valence-corrected chi connectivity index (χ4v) is 3.46. The van der Waals surface area contributed by atoms with E-state index in [1.807, 2.05) is 54.6 Å². The van der Waals surface area contributed by atoms with Crippen LogP contribution in [0.2, 0.25) is 0 Å². The minimum Gasteiger partial charge on any atom is -0.410 e. The number of aromatic amines is 2. The number of para-hydroxylation sites is 2. The van der Waals surface area contributed by atoms with Crippen LogP contribution in [0, 0.1) is 0 Å². The number of aromatic nitrogens is 7. The van der Waals surface area contributed by atoms with Crippen molar-refractivity contribution in [1.29, 1.82) is 0 Å². The highest BCUT2D eigenvalue weighted by atomic mass is 79.9. The van der Waals surface area contributed by atoms with Gasteiger partial charge in [-0.3, -0.25) is 5.10 Å². The average Bonchev–Trinajstić information content (AvgIpc) is 3.45. The van der Waals surface area contributed by atoms with Crippen molar-refractivity contribution in [3.8, 4) is 11.5 Å². The summed E-state index contributed by atoms with van der Waals surface area (Å²) in [4.78, 5) is 8.65. The molecule has 142 valence electrons. The minimum atomic E-state index is 0.627. The lowest BCUT2D eigenvalue weighted by atomic mass is 10.2. The first-order chi connectivity index (χ1) is 14.2. The average molecular weight is 448 g/mol. The van der Waals surface area contributed by atoms with Crippen molar-refractivity contribution < 1.29 is 5.21 Å². The van der Waals surface area contributed by atoms with Crippen LogP contribution in [0.1, 0.15) is 0 Å². The molecule has 0 saturated carbocycles. The Balaban J connectivity index is 0.000000153. The summed E-state index contributed by atoms with van der Waals surface area (Å²) in [7, 11) is 0. The zero-order valence-electron chi connectivity index (χ0n) is 14.9. The quantitative estimate of drug-likeness (QED) is 0.320. The monoisotopic (exact) mass is 447 g/mol. The molecule has 3 aromatic heterocycles. The standard InChI is InChI=1S/C14H9BrN4.C6H5N3O/c15-8-5-6-11-12(7-8)17-14(16-11)13-9-3-1-2-4-10(9)18-19-13;10-9-6-4-2-1-3-5(6)7-8-9/h1-7H,(H,16,17)(H,18,19);1-4,10H. The van der Waals surface area contributed by atoms with Crippen LogP contribution in [0.25, 0.3) is 44.5 Å². The van der Waals surface area contributed by atoms with Crippen LogP contribution >= 0.6 is 15.9 Å². The molecule has 0 saturated heterocycles. The molecule has 6 aromatic rings. The van der Waals surface area contributed by atoms with Crippen LogP contribution in [0.5, 0.6) is 0 Å². The molecular formula is C20H14BrN7O. The van der Waals surface area contributed by atoms with Crippen LogP contribution in [-0.4, -0.2) is 40.5 Å². The second-order valence-electron chi connectivity index (χ2n) is 6.33. The van der Waals surface area contributed by atoms with E-state index in [9.17, 15) is 0 Å². The fourth-order valence-electron chi connectivity index (χ4n) is 3.09. The molecule has 3 aromatic carbocycles. The summed E-state index contributed by atoms with van der Waals surface area (Å²) >= 11 is 3.46. The molecule has 3 heterocycles. The highest BCUT2D eigenvalue weighted by Crippen LogP contribution is 2.26. The number of nitrogens with one attached hydrogen (secondary N) is 2. The van der Waals surface area contributed by atoms with Crippen LogP contribution in [0.15, 0.2) is 71.2 Å². The number of imidazole rings is 1. The molecule has 29 heavy (non-hydrogen) atoms. The first-order valence-electron chi connectivity index (χ1n) is 8.77. The molecule has 8 nitrogen and oxygen atoms in total. The highest BCUT2D eigenvalue weighted by Gasteiger charge is 2.12. The Hall–Kier alpha value is -3.72. The van der Waals surface area contributed by atoms with Crippen LogP contribution in [0.4, 0.5) is 0 Å². The summed E-state index contributed by atoms with van der Waals surface area (Å²) in [6.45, 7) is 0. The van der Waals surface area contributed by atoms with Gasteiger partial charge < -0.3 is 10.2 Å². The van der Waals surface area contributed by atoms with E-state index in [1.54, 1.807) is 12.1 Å². The van der Waals surface area contributed by atoms with Crippen molar-refractivity contribution >= 4 is 48.9 Å². The van der Waals surface area contributed by atoms with E-state index < -0.39 is 0 Å². The van der Waals surface area contributed by atoms with Gasteiger partial charge in [0.15, 0.2) is 5.82 Å². The summed E-state index contributed by atoms with van der Waals surface area (Å²) < 4.78 is 1.03. The van der Waals surface area contributed by atoms with Gasteiger partial charge in [-0.15, -0.1) is 5.10 Å². The maximum absolute atomic E-state index is 8.95. The number of nitrogens with zero attached hydrogens (tertiary/aromatic N) is 5. The van der Waals surface area contributed by atoms with Gasteiger partial charge in [-0.05, 0) is 41.6 Å². The molecule has 0 aliphatic rings. The van der Waals surface area contributed by atoms with E-state index in [0.29, 0.717) is 11.0 Å². The zero-order valence-corrected chi connectivity index (χ0v) is 16.5. The van der Waals surface area contributed by atoms with Gasteiger partial charge in [-0.1, -0.05) is 51.1 Å². The first kappa shape index (κ1) is 17.4. The zero-order chi connectivity index (χ0) is 19.8. The molecule has 3 N–H and O–H groups in total. The molecule has 0 radical (unpaired) electrons. The topological polar surface area (TPSA) is 108 Å².